The van der Waals surface area contributed by atoms with E-state index in [4.69, 9.17) is 21.3 Å². The summed E-state index contributed by atoms with van der Waals surface area (Å²) in [6.45, 7) is 4.87. The number of benzene rings is 1. The second-order valence-electron chi connectivity index (χ2n) is 5.29. The van der Waals surface area contributed by atoms with E-state index in [-0.39, 0.29) is 0 Å². The lowest BCUT2D eigenvalue weighted by molar-refractivity contribution is 0.185. The van der Waals surface area contributed by atoms with Crippen molar-refractivity contribution in [1.82, 2.24) is 9.97 Å². The molecule has 0 N–H and O–H groups in total. The Labute approximate surface area is 144 Å². The molecule has 0 spiro atoms. The summed E-state index contributed by atoms with van der Waals surface area (Å²) >= 11 is 8.51. The molecule has 1 aromatic carbocycles. The first-order chi connectivity index (χ1) is 10.0. The molecule has 5 heteroatoms. The molecule has 1 heterocycles. The molecule has 0 atom stereocenters. The summed E-state index contributed by atoms with van der Waals surface area (Å²) in [5.41, 5.74) is 3.04. The number of halogens is 2. The fourth-order valence-corrected chi connectivity index (χ4v) is 2.78. The first-order valence-corrected chi connectivity index (χ1v) is 8.27. The van der Waals surface area contributed by atoms with Crippen molar-refractivity contribution in [2.75, 3.05) is 7.11 Å². The Bertz CT molecular complexity index is 632. The van der Waals surface area contributed by atoms with Gasteiger partial charge in [0.25, 0.3) is 0 Å². The van der Waals surface area contributed by atoms with E-state index in [0.29, 0.717) is 23.5 Å². The molecule has 112 valence electrons. The number of aromatic nitrogens is 2. The van der Waals surface area contributed by atoms with Gasteiger partial charge in [-0.2, -0.15) is 0 Å². The van der Waals surface area contributed by atoms with Crippen LogP contribution in [0, 0.1) is 9.49 Å². The van der Waals surface area contributed by atoms with E-state index >= 15 is 0 Å². The van der Waals surface area contributed by atoms with Gasteiger partial charge in [-0.25, -0.2) is 9.97 Å². The lowest BCUT2D eigenvalue weighted by Gasteiger charge is -2.12. The van der Waals surface area contributed by atoms with E-state index in [1.54, 1.807) is 7.11 Å². The molecule has 2 aromatic rings. The Hall–Kier alpha value is -0.720. The van der Waals surface area contributed by atoms with Crippen molar-refractivity contribution in [2.24, 2.45) is 5.92 Å². The lowest BCUT2D eigenvalue weighted by Crippen LogP contribution is -2.05. The molecule has 0 unspecified atom stereocenters. The molecule has 0 bridgehead atoms. The van der Waals surface area contributed by atoms with Crippen LogP contribution in [0.1, 0.15) is 25.1 Å². The molecule has 0 fully saturated rings. The number of nitrogens with zero attached hydrogens (tertiary/aromatic N) is 2. The van der Waals surface area contributed by atoms with Crippen LogP contribution in [0.15, 0.2) is 24.3 Å². The predicted molar refractivity (Wildman–Crippen MR) is 94.5 cm³/mol. The van der Waals surface area contributed by atoms with E-state index in [9.17, 15) is 0 Å². The Morgan fingerprint density at radius 3 is 2.62 bits per heavy atom. The van der Waals surface area contributed by atoms with Crippen molar-refractivity contribution < 1.29 is 4.74 Å². The third kappa shape index (κ3) is 4.14. The highest BCUT2D eigenvalue weighted by atomic mass is 127. The van der Waals surface area contributed by atoms with Crippen LogP contribution in [0.2, 0.25) is 5.15 Å². The number of methoxy groups -OCH3 is 1. The van der Waals surface area contributed by atoms with E-state index in [1.807, 2.05) is 24.3 Å². The largest absolute Gasteiger partial charge is 0.380 e. The second-order valence-corrected chi connectivity index (χ2v) is 6.72. The summed E-state index contributed by atoms with van der Waals surface area (Å²) in [5, 5.41) is 0.517. The minimum atomic E-state index is 0.517. The molecule has 0 aliphatic heterocycles. The topological polar surface area (TPSA) is 35.0 Å². The van der Waals surface area contributed by atoms with Gasteiger partial charge in [-0.15, -0.1) is 0 Å². The molecule has 0 radical (unpaired) electrons. The van der Waals surface area contributed by atoms with Crippen LogP contribution in [0.25, 0.3) is 11.4 Å². The molecule has 0 aliphatic carbocycles. The van der Waals surface area contributed by atoms with Gasteiger partial charge in [0.2, 0.25) is 0 Å². The van der Waals surface area contributed by atoms with Gasteiger partial charge in [0.05, 0.1) is 15.9 Å². The molecular formula is C16H18ClIN2O. The predicted octanol–water partition coefficient (Wildman–Crippen LogP) is 4.75. The van der Waals surface area contributed by atoms with Crippen LogP contribution in [0.4, 0.5) is 0 Å². The molecule has 2 rings (SSSR count). The first-order valence-electron chi connectivity index (χ1n) is 6.82. The second kappa shape index (κ2) is 7.51. The van der Waals surface area contributed by atoms with Crippen LogP contribution in [-0.4, -0.2) is 17.1 Å². The molecule has 21 heavy (non-hydrogen) atoms. The Balaban J connectivity index is 2.52. The van der Waals surface area contributed by atoms with E-state index < -0.39 is 0 Å². The van der Waals surface area contributed by atoms with Gasteiger partial charge in [-0.05, 0) is 40.5 Å². The van der Waals surface area contributed by atoms with Gasteiger partial charge in [0.1, 0.15) is 5.15 Å². The maximum atomic E-state index is 6.29. The van der Waals surface area contributed by atoms with Crippen LogP contribution in [0.5, 0.6) is 0 Å². The molecule has 0 aliphatic rings. The van der Waals surface area contributed by atoms with E-state index in [0.717, 1.165) is 26.8 Å². The SMILES string of the molecule is COCc1ccccc1-c1nc(Cl)c(I)c(CC(C)C)n1. The molecular weight excluding hydrogens is 399 g/mol. The summed E-state index contributed by atoms with van der Waals surface area (Å²) in [6.07, 6.45) is 0.889. The molecule has 0 saturated carbocycles. The summed E-state index contributed by atoms with van der Waals surface area (Å²) in [7, 11) is 1.68. The number of ether oxygens (including phenoxy) is 1. The fourth-order valence-electron chi connectivity index (χ4n) is 2.13. The van der Waals surface area contributed by atoms with E-state index in [2.05, 4.69) is 41.4 Å². The highest BCUT2D eigenvalue weighted by molar-refractivity contribution is 14.1. The van der Waals surface area contributed by atoms with Gasteiger partial charge in [0, 0.05) is 12.7 Å². The summed E-state index contributed by atoms with van der Waals surface area (Å²) in [6, 6.07) is 8.00. The zero-order chi connectivity index (χ0) is 15.4. The Morgan fingerprint density at radius 2 is 1.95 bits per heavy atom. The fraction of sp³-hybridized carbons (Fsp3) is 0.375. The molecule has 0 saturated heterocycles. The van der Waals surface area contributed by atoms with Gasteiger partial charge in [0.15, 0.2) is 5.82 Å². The van der Waals surface area contributed by atoms with Crippen molar-refractivity contribution in [2.45, 2.75) is 26.9 Å². The summed E-state index contributed by atoms with van der Waals surface area (Å²) in [4.78, 5) is 9.17. The Morgan fingerprint density at radius 1 is 1.24 bits per heavy atom. The number of hydrogen-bond donors (Lipinski definition) is 0. The Kier molecular flexibility index (Phi) is 5.96. The average molecular weight is 417 g/mol. The highest BCUT2D eigenvalue weighted by Gasteiger charge is 2.15. The van der Waals surface area contributed by atoms with Crippen molar-refractivity contribution >= 4 is 34.2 Å². The normalized spacial score (nSPS) is 11.1. The maximum absolute atomic E-state index is 6.29. The minimum absolute atomic E-state index is 0.517. The first kappa shape index (κ1) is 16.6. The number of rotatable bonds is 5. The minimum Gasteiger partial charge on any atom is -0.380 e. The van der Waals surface area contributed by atoms with Gasteiger partial charge in [-0.1, -0.05) is 49.7 Å². The molecule has 0 amide bonds. The molecule has 1 aromatic heterocycles. The third-order valence-corrected chi connectivity index (χ3v) is 4.76. The van der Waals surface area contributed by atoms with Crippen LogP contribution < -0.4 is 0 Å². The zero-order valence-electron chi connectivity index (χ0n) is 12.4. The van der Waals surface area contributed by atoms with Gasteiger partial charge in [-0.3, -0.25) is 0 Å². The monoisotopic (exact) mass is 416 g/mol. The molecule has 3 nitrogen and oxygen atoms in total. The smallest absolute Gasteiger partial charge is 0.161 e. The van der Waals surface area contributed by atoms with Gasteiger partial charge < -0.3 is 4.74 Å². The summed E-state index contributed by atoms with van der Waals surface area (Å²) in [5.74, 6) is 1.19. The van der Waals surface area contributed by atoms with E-state index in [1.165, 1.54) is 0 Å². The van der Waals surface area contributed by atoms with Crippen LogP contribution in [0.3, 0.4) is 0 Å². The third-order valence-electron chi connectivity index (χ3n) is 3.04. The zero-order valence-corrected chi connectivity index (χ0v) is 15.3. The van der Waals surface area contributed by atoms with Crippen LogP contribution in [-0.2, 0) is 17.8 Å². The number of hydrogen-bond acceptors (Lipinski definition) is 3. The van der Waals surface area contributed by atoms with Crippen molar-refractivity contribution in [1.29, 1.82) is 0 Å². The standard InChI is InChI=1S/C16H18ClIN2O/c1-10(2)8-13-14(18)15(17)20-16(19-13)12-7-5-4-6-11(12)9-21-3/h4-7,10H,8-9H2,1-3H3. The lowest BCUT2D eigenvalue weighted by atomic mass is 10.1. The van der Waals surface area contributed by atoms with Gasteiger partial charge >= 0.3 is 0 Å². The maximum Gasteiger partial charge on any atom is 0.161 e. The average Bonchev–Trinajstić information content (AvgIpc) is 2.44. The quantitative estimate of drug-likeness (QED) is 0.521. The van der Waals surface area contributed by atoms with Crippen molar-refractivity contribution in [3.05, 3.63) is 44.2 Å². The van der Waals surface area contributed by atoms with Crippen LogP contribution >= 0.6 is 34.2 Å². The summed E-state index contributed by atoms with van der Waals surface area (Å²) < 4.78 is 6.19. The van der Waals surface area contributed by atoms with Crippen molar-refractivity contribution in [3.8, 4) is 11.4 Å². The van der Waals surface area contributed by atoms with Crippen molar-refractivity contribution in [3.63, 3.8) is 0 Å². The highest BCUT2D eigenvalue weighted by Crippen LogP contribution is 2.27.